The topological polar surface area (TPSA) is 204 Å². The molecular weight excluding hydrogens is 723 g/mol. The molecule has 14 heteroatoms. The van der Waals surface area contributed by atoms with Gasteiger partial charge in [0.25, 0.3) is 0 Å². The van der Waals surface area contributed by atoms with Crippen LogP contribution in [-0.4, -0.2) is 95.3 Å². The molecule has 0 unspecified atom stereocenters. The molecule has 0 saturated carbocycles. The van der Waals surface area contributed by atoms with Gasteiger partial charge in [0.05, 0.1) is 26.4 Å². The quantitative estimate of drug-likeness (QED) is 0.0404. The first-order valence-corrected chi connectivity index (χ1v) is 21.6. The van der Waals surface area contributed by atoms with Crippen LogP contribution in [0.5, 0.6) is 0 Å². The molecule has 0 bridgehead atoms. The zero-order chi connectivity index (χ0) is 39.1. The first-order chi connectivity index (χ1) is 26.3. The molecule has 0 aliphatic rings. The van der Waals surface area contributed by atoms with E-state index in [-0.39, 0.29) is 78.7 Å². The number of rotatable bonds is 24. The fourth-order valence-electron chi connectivity index (χ4n) is 6.20. The summed E-state index contributed by atoms with van der Waals surface area (Å²) < 4.78 is 19.7. The van der Waals surface area contributed by atoms with Crippen LogP contribution in [0.2, 0.25) is 0 Å². The van der Waals surface area contributed by atoms with E-state index in [1.165, 1.54) is 12.2 Å². The lowest BCUT2D eigenvalue weighted by Gasteiger charge is -2.44. The van der Waals surface area contributed by atoms with Crippen LogP contribution in [-0.2, 0) is 18.3 Å². The molecule has 11 nitrogen and oxygen atoms in total. The second-order valence-corrected chi connectivity index (χ2v) is 18.7. The Balaban J connectivity index is 2.09. The smallest absolute Gasteiger partial charge is 0.395 e. The Labute approximate surface area is 322 Å². The van der Waals surface area contributed by atoms with E-state index in [0.29, 0.717) is 12.8 Å². The first-order valence-electron chi connectivity index (χ1n) is 17.4. The molecule has 0 spiro atoms. The average Bonchev–Trinajstić information content (AvgIpc) is 3.20. The predicted octanol–water partition coefficient (Wildman–Crippen LogP) is 5.19. The van der Waals surface area contributed by atoms with E-state index in [1.807, 2.05) is 78.9 Å². The molecule has 4 N–H and O–H groups in total. The van der Waals surface area contributed by atoms with Crippen molar-refractivity contribution >= 4 is 27.9 Å². The van der Waals surface area contributed by atoms with Gasteiger partial charge in [0, 0.05) is 46.5 Å². The summed E-state index contributed by atoms with van der Waals surface area (Å²) in [7, 11) is -6.47. The summed E-state index contributed by atoms with van der Waals surface area (Å²) in [5.41, 5.74) is 2.38. The molecule has 0 amide bonds. The summed E-state index contributed by atoms with van der Waals surface area (Å²) in [5, 5.41) is 78.3. The van der Waals surface area contributed by atoms with Gasteiger partial charge in [0.15, 0.2) is 0 Å². The van der Waals surface area contributed by atoms with Crippen LogP contribution in [0.4, 0.5) is 0 Å². The van der Waals surface area contributed by atoms with Crippen molar-refractivity contribution < 1.29 is 33.3 Å². The van der Waals surface area contributed by atoms with Crippen molar-refractivity contribution in [1.29, 1.82) is 21.0 Å². The normalized spacial score (nSPS) is 11.9. The van der Waals surface area contributed by atoms with Crippen molar-refractivity contribution in [3.05, 3.63) is 131 Å². The average molecular weight is 771 g/mol. The minimum atomic E-state index is -2.51. The van der Waals surface area contributed by atoms with E-state index < -0.39 is 33.4 Å². The SMILES string of the molecule is N#CC(C#N)=CCS(CCO)(CCO)OB(OCCCC(c1ccccc1)(c1ccccc1)c1ccccc1)OS(CC=C(C#N)C#N)(CCO)CCO. The van der Waals surface area contributed by atoms with E-state index >= 15 is 0 Å². The van der Waals surface area contributed by atoms with Gasteiger partial charge in [-0.05, 0) is 41.7 Å². The number of aliphatic hydroxyl groups is 4. The van der Waals surface area contributed by atoms with Crippen LogP contribution < -0.4 is 0 Å². The Morgan fingerprint density at radius 3 is 1.20 bits per heavy atom. The molecule has 3 aromatic rings. The number of nitrogens with zero attached hydrogens (tertiary/aromatic N) is 4. The maximum absolute atomic E-state index is 10.1. The molecule has 0 atom stereocenters. The highest BCUT2D eigenvalue weighted by Crippen LogP contribution is 2.54. The van der Waals surface area contributed by atoms with Crippen LogP contribution in [0.1, 0.15) is 29.5 Å². The number of nitriles is 4. The molecular formula is C40H47BN4O7S2. The lowest BCUT2D eigenvalue weighted by molar-refractivity contribution is 0.204. The Morgan fingerprint density at radius 2 is 0.907 bits per heavy atom. The fourth-order valence-corrected chi connectivity index (χ4v) is 11.0. The molecule has 3 rings (SSSR count). The summed E-state index contributed by atoms with van der Waals surface area (Å²) in [5.74, 6) is 0.305. The van der Waals surface area contributed by atoms with E-state index in [9.17, 15) is 41.5 Å². The first kappa shape index (κ1) is 44.0. The molecule has 54 heavy (non-hydrogen) atoms. The Kier molecular flexibility index (Phi) is 19.1. The minimum absolute atomic E-state index is 0.0299. The molecule has 0 aromatic heterocycles. The standard InChI is InChI=1S/C40H47BN4O7S2/c42-31-35(32-43)17-25-53(27-20-46,28-21-47)51-41(52-54(29-22-48,30-23-49)26-18-36(33-44)34-45)50-24-10-19-40(37-11-4-1-5-12-37,38-13-6-2-7-14-38)39-15-8-3-9-16-39/h1-9,11-18,46-49H,10,19-30H2. The van der Waals surface area contributed by atoms with Gasteiger partial charge in [-0.3, -0.25) is 0 Å². The van der Waals surface area contributed by atoms with E-state index in [2.05, 4.69) is 36.4 Å². The predicted molar refractivity (Wildman–Crippen MR) is 214 cm³/mol. The number of hydrogen-bond donors (Lipinski definition) is 4. The Bertz CT molecular complexity index is 1600. The fraction of sp³-hybridized carbons (Fsp3) is 0.350. The monoisotopic (exact) mass is 770 g/mol. The highest BCUT2D eigenvalue weighted by molar-refractivity contribution is 8.31. The van der Waals surface area contributed by atoms with Crippen LogP contribution in [0.3, 0.4) is 0 Å². The molecule has 0 aliphatic heterocycles. The van der Waals surface area contributed by atoms with Crippen molar-refractivity contribution in [2.75, 3.05) is 67.6 Å². The Morgan fingerprint density at radius 1 is 0.574 bits per heavy atom. The third-order valence-corrected chi connectivity index (χ3v) is 15.2. The van der Waals surface area contributed by atoms with Gasteiger partial charge in [0.2, 0.25) is 0 Å². The minimum Gasteiger partial charge on any atom is -0.395 e. The molecule has 0 radical (unpaired) electrons. The number of benzene rings is 3. The highest BCUT2D eigenvalue weighted by atomic mass is 32.3. The summed E-state index contributed by atoms with van der Waals surface area (Å²) >= 11 is 0. The molecule has 0 aliphatic carbocycles. The molecule has 0 fully saturated rings. The second kappa shape index (κ2) is 23.4. The van der Waals surface area contributed by atoms with Gasteiger partial charge in [0.1, 0.15) is 35.4 Å². The largest absolute Gasteiger partial charge is 0.660 e. The summed E-state index contributed by atoms with van der Waals surface area (Å²) in [6.45, 7) is -1.23. The lowest BCUT2D eigenvalue weighted by atomic mass is 9.67. The van der Waals surface area contributed by atoms with Gasteiger partial charge in [-0.15, -0.1) is 20.6 Å². The van der Waals surface area contributed by atoms with Crippen LogP contribution >= 0.6 is 20.6 Å². The molecule has 3 aromatic carbocycles. The third kappa shape index (κ3) is 12.3. The van der Waals surface area contributed by atoms with Crippen molar-refractivity contribution in [3.8, 4) is 24.3 Å². The lowest BCUT2D eigenvalue weighted by Crippen LogP contribution is -2.37. The summed E-state index contributed by atoms with van der Waals surface area (Å²) in [4.78, 5) is 0. The molecule has 0 saturated heterocycles. The van der Waals surface area contributed by atoms with Gasteiger partial charge in [-0.25, -0.2) is 0 Å². The zero-order valence-electron chi connectivity index (χ0n) is 30.2. The van der Waals surface area contributed by atoms with Crippen molar-refractivity contribution in [2.45, 2.75) is 18.3 Å². The van der Waals surface area contributed by atoms with Gasteiger partial charge >= 0.3 is 7.32 Å². The van der Waals surface area contributed by atoms with Crippen LogP contribution in [0.15, 0.2) is 114 Å². The second-order valence-electron chi connectivity index (χ2n) is 12.1. The third-order valence-electron chi connectivity index (χ3n) is 8.83. The van der Waals surface area contributed by atoms with Gasteiger partial charge < -0.3 is 33.3 Å². The van der Waals surface area contributed by atoms with Crippen molar-refractivity contribution in [2.24, 2.45) is 0 Å². The maximum atomic E-state index is 10.1. The Hall–Kier alpha value is -4.42. The number of hydrogen-bond acceptors (Lipinski definition) is 11. The van der Waals surface area contributed by atoms with Gasteiger partial charge in [-0.1, -0.05) is 91.0 Å². The zero-order valence-corrected chi connectivity index (χ0v) is 31.8. The maximum Gasteiger partial charge on any atom is 0.660 e. The van der Waals surface area contributed by atoms with E-state index in [1.54, 1.807) is 0 Å². The highest BCUT2D eigenvalue weighted by Gasteiger charge is 2.40. The summed E-state index contributed by atoms with van der Waals surface area (Å²) in [6.07, 6.45) is 3.90. The van der Waals surface area contributed by atoms with Crippen molar-refractivity contribution in [3.63, 3.8) is 0 Å². The van der Waals surface area contributed by atoms with Gasteiger partial charge in [-0.2, -0.15) is 21.0 Å². The van der Waals surface area contributed by atoms with E-state index in [4.69, 9.17) is 12.9 Å². The number of aliphatic hydroxyl groups excluding tert-OH is 4. The molecule has 0 heterocycles. The number of allylic oxidation sites excluding steroid dienone is 2. The summed E-state index contributed by atoms with van der Waals surface area (Å²) in [6, 6.07) is 37.9. The van der Waals surface area contributed by atoms with E-state index in [0.717, 1.165) is 16.7 Å². The molecule has 284 valence electrons. The van der Waals surface area contributed by atoms with Crippen LogP contribution in [0.25, 0.3) is 0 Å². The van der Waals surface area contributed by atoms with Crippen molar-refractivity contribution in [1.82, 2.24) is 0 Å². The van der Waals surface area contributed by atoms with Crippen LogP contribution in [0, 0.1) is 45.3 Å².